The molecule has 1 heterocycles. The van der Waals surface area contributed by atoms with Gasteiger partial charge in [-0.2, -0.15) is 0 Å². The molecule has 2 aliphatic rings. The molecule has 0 aromatic rings. The predicted molar refractivity (Wildman–Crippen MR) is 107 cm³/mol. The van der Waals surface area contributed by atoms with Gasteiger partial charge in [-0.15, -0.1) is 0 Å². The van der Waals surface area contributed by atoms with E-state index in [2.05, 4.69) is 19.9 Å². The van der Waals surface area contributed by atoms with Gasteiger partial charge in [0, 0.05) is 0 Å². The molecule has 2 fully saturated rings. The van der Waals surface area contributed by atoms with Crippen molar-refractivity contribution in [3.05, 3.63) is 11.6 Å². The lowest BCUT2D eigenvalue weighted by atomic mass is 9.50. The Morgan fingerprint density at radius 2 is 1.35 bits per heavy atom. The Bertz CT molecular complexity index is 319. The maximum absolute atomic E-state index is 2.55. The van der Waals surface area contributed by atoms with Crippen molar-refractivity contribution in [2.75, 3.05) is 0 Å². The van der Waals surface area contributed by atoms with Crippen LogP contribution in [0.15, 0.2) is 11.6 Å². The standard InChI is InChI=1S/C22H41B/c1-19(2)16-17-21-15-11-7-8-12-18-23-22(21)20-13-9-5-3-4-6-10-14-20/h16,20-23H,3-15,17-18H2,1-2H3. The second kappa shape index (κ2) is 11.4. The summed E-state index contributed by atoms with van der Waals surface area (Å²) >= 11 is 0. The highest BCUT2D eigenvalue weighted by Crippen LogP contribution is 2.41. The third-order valence-electron chi connectivity index (χ3n) is 6.55. The van der Waals surface area contributed by atoms with E-state index < -0.39 is 0 Å². The molecule has 132 valence electrons. The molecule has 0 nitrogen and oxygen atoms in total. The normalized spacial score (nSPS) is 29.0. The topological polar surface area (TPSA) is 0 Å². The minimum absolute atomic E-state index is 0.980. The van der Waals surface area contributed by atoms with E-state index >= 15 is 0 Å². The molecule has 0 spiro atoms. The third kappa shape index (κ3) is 7.48. The van der Waals surface area contributed by atoms with Gasteiger partial charge in [-0.1, -0.05) is 107 Å². The molecule has 2 atom stereocenters. The van der Waals surface area contributed by atoms with Crippen LogP contribution in [-0.4, -0.2) is 7.28 Å². The first kappa shape index (κ1) is 19.1. The highest BCUT2D eigenvalue weighted by atomic mass is 14.3. The Labute approximate surface area is 147 Å². The quantitative estimate of drug-likeness (QED) is 0.378. The largest absolute Gasteiger partial charge is 0.124 e. The Hall–Kier alpha value is -0.195. The molecule has 2 rings (SSSR count). The van der Waals surface area contributed by atoms with Crippen molar-refractivity contribution < 1.29 is 0 Å². The van der Waals surface area contributed by atoms with Gasteiger partial charge in [0.2, 0.25) is 0 Å². The minimum atomic E-state index is 0.980. The number of hydrogen-bond donors (Lipinski definition) is 0. The zero-order chi connectivity index (χ0) is 16.3. The molecule has 0 radical (unpaired) electrons. The summed E-state index contributed by atoms with van der Waals surface area (Å²) < 4.78 is 0. The van der Waals surface area contributed by atoms with E-state index in [1.807, 2.05) is 0 Å². The van der Waals surface area contributed by atoms with Crippen molar-refractivity contribution in [3.8, 4) is 0 Å². The van der Waals surface area contributed by atoms with Crippen LogP contribution >= 0.6 is 0 Å². The molecule has 0 N–H and O–H groups in total. The summed E-state index contributed by atoms with van der Waals surface area (Å²) in [6, 6.07) is 0. The van der Waals surface area contributed by atoms with Crippen molar-refractivity contribution in [3.63, 3.8) is 0 Å². The predicted octanol–water partition coefficient (Wildman–Crippen LogP) is 7.32. The molecule has 1 aliphatic carbocycles. The maximum atomic E-state index is 2.55. The van der Waals surface area contributed by atoms with Crippen LogP contribution in [0.1, 0.15) is 104 Å². The van der Waals surface area contributed by atoms with Crippen molar-refractivity contribution >= 4 is 7.28 Å². The number of allylic oxidation sites excluding steroid dienone is 2. The van der Waals surface area contributed by atoms with Crippen LogP contribution in [0.5, 0.6) is 0 Å². The SMILES string of the molecule is CC(C)=CCC1CCCCCCBC1C1CCCCCCCC1. The fourth-order valence-electron chi connectivity index (χ4n) is 5.16. The first-order valence-electron chi connectivity index (χ1n) is 10.9. The van der Waals surface area contributed by atoms with Crippen LogP contribution in [0, 0.1) is 11.8 Å². The van der Waals surface area contributed by atoms with Crippen LogP contribution in [0.4, 0.5) is 0 Å². The van der Waals surface area contributed by atoms with Gasteiger partial charge in [-0.3, -0.25) is 0 Å². The van der Waals surface area contributed by atoms with Gasteiger partial charge in [-0.25, -0.2) is 0 Å². The maximum Gasteiger partial charge on any atom is 0.124 e. The van der Waals surface area contributed by atoms with Crippen LogP contribution < -0.4 is 0 Å². The van der Waals surface area contributed by atoms with E-state index in [-0.39, 0.29) is 0 Å². The third-order valence-corrected chi connectivity index (χ3v) is 6.55. The molecule has 1 aliphatic heterocycles. The van der Waals surface area contributed by atoms with Crippen LogP contribution in [0.3, 0.4) is 0 Å². The molecular weight excluding hydrogens is 275 g/mol. The van der Waals surface area contributed by atoms with Crippen LogP contribution in [-0.2, 0) is 0 Å². The number of rotatable bonds is 3. The summed E-state index contributed by atoms with van der Waals surface area (Å²) in [5, 5.41) is 0. The molecule has 23 heavy (non-hydrogen) atoms. The van der Waals surface area contributed by atoms with E-state index in [9.17, 15) is 0 Å². The lowest BCUT2D eigenvalue weighted by Gasteiger charge is -2.33. The summed E-state index contributed by atoms with van der Waals surface area (Å²) in [6.45, 7) is 4.56. The molecule has 0 aromatic carbocycles. The molecule has 0 aromatic heterocycles. The van der Waals surface area contributed by atoms with E-state index in [0.717, 1.165) is 17.7 Å². The van der Waals surface area contributed by atoms with E-state index in [4.69, 9.17) is 0 Å². The summed E-state index contributed by atoms with van der Waals surface area (Å²) in [5.74, 6) is 3.05. The fourth-order valence-corrected chi connectivity index (χ4v) is 5.16. The highest BCUT2D eigenvalue weighted by molar-refractivity contribution is 6.37. The van der Waals surface area contributed by atoms with Gasteiger partial charge in [0.05, 0.1) is 0 Å². The smallest absolute Gasteiger partial charge is 0.0856 e. The number of hydrogen-bond acceptors (Lipinski definition) is 0. The first-order chi connectivity index (χ1) is 11.3. The van der Waals surface area contributed by atoms with Crippen molar-refractivity contribution in [1.82, 2.24) is 0 Å². The molecule has 2 unspecified atom stereocenters. The van der Waals surface area contributed by atoms with E-state index in [1.54, 1.807) is 0 Å². The van der Waals surface area contributed by atoms with E-state index in [1.165, 1.54) is 109 Å². The first-order valence-corrected chi connectivity index (χ1v) is 10.9. The van der Waals surface area contributed by atoms with Crippen molar-refractivity contribution in [1.29, 1.82) is 0 Å². The summed E-state index contributed by atoms with van der Waals surface area (Å²) in [6.07, 6.45) is 25.0. The average Bonchev–Trinajstić information content (AvgIpc) is 2.74. The summed E-state index contributed by atoms with van der Waals surface area (Å²) in [7, 11) is 1.53. The average molecular weight is 316 g/mol. The molecular formula is C22H41B. The van der Waals surface area contributed by atoms with Crippen LogP contribution in [0.25, 0.3) is 0 Å². The second-order valence-electron chi connectivity index (χ2n) is 8.74. The van der Waals surface area contributed by atoms with Crippen molar-refractivity contribution in [2.24, 2.45) is 11.8 Å². The van der Waals surface area contributed by atoms with Gasteiger partial charge < -0.3 is 0 Å². The minimum Gasteiger partial charge on any atom is -0.0856 e. The van der Waals surface area contributed by atoms with Gasteiger partial charge in [0.15, 0.2) is 0 Å². The molecule has 0 amide bonds. The molecule has 0 bridgehead atoms. The highest BCUT2D eigenvalue weighted by Gasteiger charge is 2.29. The fraction of sp³-hybridized carbons (Fsp3) is 0.909. The monoisotopic (exact) mass is 316 g/mol. The zero-order valence-electron chi connectivity index (χ0n) is 16.1. The Kier molecular flexibility index (Phi) is 9.46. The second-order valence-corrected chi connectivity index (χ2v) is 8.74. The summed E-state index contributed by atoms with van der Waals surface area (Å²) in [4.78, 5) is 0. The van der Waals surface area contributed by atoms with Crippen LogP contribution in [0.2, 0.25) is 12.1 Å². The molecule has 1 saturated carbocycles. The van der Waals surface area contributed by atoms with Crippen molar-refractivity contribution in [2.45, 2.75) is 116 Å². The Balaban J connectivity index is 2.05. The van der Waals surface area contributed by atoms with Gasteiger partial charge in [0.1, 0.15) is 7.28 Å². The van der Waals surface area contributed by atoms with Gasteiger partial charge in [0.25, 0.3) is 0 Å². The lowest BCUT2D eigenvalue weighted by Crippen LogP contribution is -2.24. The summed E-state index contributed by atoms with van der Waals surface area (Å²) in [5.41, 5.74) is 1.53. The zero-order valence-corrected chi connectivity index (χ0v) is 16.1. The Morgan fingerprint density at radius 1 is 0.783 bits per heavy atom. The lowest BCUT2D eigenvalue weighted by molar-refractivity contribution is 0.307. The Morgan fingerprint density at radius 3 is 2.00 bits per heavy atom. The molecule has 1 saturated heterocycles. The van der Waals surface area contributed by atoms with E-state index in [0.29, 0.717) is 0 Å². The van der Waals surface area contributed by atoms with Gasteiger partial charge >= 0.3 is 0 Å². The molecule has 1 heteroatoms. The van der Waals surface area contributed by atoms with Gasteiger partial charge in [-0.05, 0) is 32.1 Å².